The Morgan fingerprint density at radius 2 is 1.88 bits per heavy atom. The van der Waals surface area contributed by atoms with Crippen LogP contribution in [-0.2, 0) is 16.1 Å². The van der Waals surface area contributed by atoms with Crippen LogP contribution in [0.3, 0.4) is 0 Å². The third-order valence-electron chi connectivity index (χ3n) is 7.32. The standard InChI is InChI=1S/C31H39IN2O7/c1-2-3-4-5-6-11-29(36)34(19-21-12-13-26-27(16-21)40-20-39-26)24-17-22(31(38)33-14-15-35)18-28(30(24)37)41-25-10-8-7-9-23(25)32/h7-10,12-13,16,18,24,28,30,35,37H,2-6,11,14-15,17,19-20H2,1H3,(H,33,38). The molecule has 2 amide bonds. The lowest BCUT2D eigenvalue weighted by atomic mass is 9.87. The van der Waals surface area contributed by atoms with Crippen LogP contribution in [0.4, 0.5) is 0 Å². The molecule has 1 heterocycles. The van der Waals surface area contributed by atoms with Crippen molar-refractivity contribution in [3.63, 3.8) is 0 Å². The molecular formula is C31H39IN2O7. The number of carbonyl (C=O) groups is 2. The minimum absolute atomic E-state index is 0.0896. The fourth-order valence-electron chi connectivity index (χ4n) is 5.12. The number of nitrogens with one attached hydrogen (secondary N) is 1. The number of nitrogens with zero attached hydrogens (tertiary/aromatic N) is 1. The van der Waals surface area contributed by atoms with Gasteiger partial charge in [-0.3, -0.25) is 9.59 Å². The van der Waals surface area contributed by atoms with Crippen molar-refractivity contribution < 1.29 is 34.0 Å². The maximum atomic E-state index is 13.8. The molecule has 41 heavy (non-hydrogen) atoms. The summed E-state index contributed by atoms with van der Waals surface area (Å²) in [5.74, 6) is 1.39. The van der Waals surface area contributed by atoms with Gasteiger partial charge in [-0.05, 0) is 64.9 Å². The highest BCUT2D eigenvalue weighted by Crippen LogP contribution is 2.35. The van der Waals surface area contributed by atoms with Gasteiger partial charge in [0.1, 0.15) is 18.0 Å². The number of unbranched alkanes of at least 4 members (excludes halogenated alkanes) is 4. The lowest BCUT2D eigenvalue weighted by Gasteiger charge is -2.40. The van der Waals surface area contributed by atoms with E-state index < -0.39 is 18.2 Å². The molecule has 3 atom stereocenters. The Morgan fingerprint density at radius 3 is 2.66 bits per heavy atom. The fourth-order valence-corrected chi connectivity index (χ4v) is 5.63. The Morgan fingerprint density at radius 1 is 1.10 bits per heavy atom. The number of rotatable bonds is 14. The van der Waals surface area contributed by atoms with Gasteiger partial charge in [0.25, 0.3) is 0 Å². The number of benzene rings is 2. The number of ether oxygens (including phenoxy) is 3. The number of aliphatic hydroxyl groups is 2. The number of fused-ring (bicyclic) bond motifs is 1. The SMILES string of the molecule is CCCCCCCC(=O)N(Cc1ccc2c(c1)OCO2)C1CC(C(=O)NCCO)=CC(Oc2ccccc2I)C1O. The summed E-state index contributed by atoms with van der Waals surface area (Å²) in [4.78, 5) is 28.5. The summed E-state index contributed by atoms with van der Waals surface area (Å²) in [6, 6.07) is 12.3. The van der Waals surface area contributed by atoms with Crippen LogP contribution in [0, 0.1) is 3.57 Å². The highest BCUT2D eigenvalue weighted by atomic mass is 127. The summed E-state index contributed by atoms with van der Waals surface area (Å²) < 4.78 is 18.1. The molecule has 0 bridgehead atoms. The highest BCUT2D eigenvalue weighted by Gasteiger charge is 2.40. The smallest absolute Gasteiger partial charge is 0.247 e. The third-order valence-corrected chi connectivity index (χ3v) is 8.21. The van der Waals surface area contributed by atoms with Gasteiger partial charge in [-0.15, -0.1) is 0 Å². The zero-order chi connectivity index (χ0) is 29.2. The minimum Gasteiger partial charge on any atom is -0.482 e. The van der Waals surface area contributed by atoms with Crippen LogP contribution in [0.5, 0.6) is 17.2 Å². The monoisotopic (exact) mass is 678 g/mol. The zero-order valence-corrected chi connectivity index (χ0v) is 25.5. The topological polar surface area (TPSA) is 118 Å². The maximum absolute atomic E-state index is 13.8. The van der Waals surface area contributed by atoms with Crippen molar-refractivity contribution in [1.82, 2.24) is 10.2 Å². The van der Waals surface area contributed by atoms with E-state index in [1.165, 1.54) is 0 Å². The molecule has 2 aromatic carbocycles. The van der Waals surface area contributed by atoms with E-state index >= 15 is 0 Å². The summed E-state index contributed by atoms with van der Waals surface area (Å²) in [5.41, 5.74) is 1.23. The number of carbonyl (C=O) groups excluding carboxylic acids is 2. The van der Waals surface area contributed by atoms with Crippen molar-refractivity contribution in [2.75, 3.05) is 19.9 Å². The molecular weight excluding hydrogens is 639 g/mol. The van der Waals surface area contributed by atoms with Gasteiger partial charge in [0.2, 0.25) is 18.6 Å². The molecule has 0 saturated carbocycles. The Hall–Kier alpha value is -2.83. The molecule has 0 saturated heterocycles. The second-order valence-electron chi connectivity index (χ2n) is 10.3. The van der Waals surface area contributed by atoms with Gasteiger partial charge in [-0.25, -0.2) is 0 Å². The van der Waals surface area contributed by atoms with Crippen LogP contribution in [0.1, 0.15) is 57.4 Å². The van der Waals surface area contributed by atoms with Gasteiger partial charge in [-0.2, -0.15) is 0 Å². The van der Waals surface area contributed by atoms with Crippen molar-refractivity contribution in [3.05, 3.63) is 63.2 Å². The summed E-state index contributed by atoms with van der Waals surface area (Å²) in [5, 5.41) is 23.6. The summed E-state index contributed by atoms with van der Waals surface area (Å²) in [7, 11) is 0. The molecule has 2 aliphatic rings. The van der Waals surface area contributed by atoms with Crippen molar-refractivity contribution >= 4 is 34.4 Å². The van der Waals surface area contributed by atoms with Crippen molar-refractivity contribution in [1.29, 1.82) is 0 Å². The molecule has 0 aromatic heterocycles. The summed E-state index contributed by atoms with van der Waals surface area (Å²) in [6.07, 6.45) is 5.20. The van der Waals surface area contributed by atoms with Gasteiger partial charge < -0.3 is 34.6 Å². The number of halogens is 1. The number of hydrogen-bond acceptors (Lipinski definition) is 7. The van der Waals surface area contributed by atoms with Gasteiger partial charge in [0, 0.05) is 31.5 Å². The highest BCUT2D eigenvalue weighted by molar-refractivity contribution is 14.1. The van der Waals surface area contributed by atoms with E-state index in [2.05, 4.69) is 34.8 Å². The van der Waals surface area contributed by atoms with Crippen LogP contribution in [0.25, 0.3) is 0 Å². The molecule has 0 radical (unpaired) electrons. The molecule has 1 aliphatic carbocycles. The second kappa shape index (κ2) is 15.4. The molecule has 3 N–H and O–H groups in total. The van der Waals surface area contributed by atoms with Gasteiger partial charge in [-0.1, -0.05) is 50.8 Å². The first-order chi connectivity index (χ1) is 19.9. The maximum Gasteiger partial charge on any atom is 0.247 e. The summed E-state index contributed by atoms with van der Waals surface area (Å²) >= 11 is 2.16. The number of aliphatic hydroxyl groups excluding tert-OH is 2. The Labute approximate surface area is 255 Å². The Balaban J connectivity index is 1.63. The average Bonchev–Trinajstić information content (AvgIpc) is 3.45. The molecule has 10 heteroatoms. The van der Waals surface area contributed by atoms with E-state index in [-0.39, 0.29) is 44.7 Å². The van der Waals surface area contributed by atoms with Crippen molar-refractivity contribution in [3.8, 4) is 17.2 Å². The first-order valence-electron chi connectivity index (χ1n) is 14.3. The van der Waals surface area contributed by atoms with E-state index in [9.17, 15) is 19.8 Å². The Bertz CT molecular complexity index is 1220. The third kappa shape index (κ3) is 8.36. The number of para-hydroxylation sites is 1. The number of amides is 2. The zero-order valence-electron chi connectivity index (χ0n) is 23.4. The van der Waals surface area contributed by atoms with E-state index in [0.29, 0.717) is 29.2 Å². The average molecular weight is 679 g/mol. The normalized spacial score (nSPS) is 19.4. The molecule has 1 aliphatic heterocycles. The molecule has 2 aromatic rings. The van der Waals surface area contributed by atoms with Crippen LogP contribution in [0.2, 0.25) is 0 Å². The van der Waals surface area contributed by atoms with Crippen molar-refractivity contribution in [2.45, 2.75) is 76.7 Å². The van der Waals surface area contributed by atoms with Crippen LogP contribution >= 0.6 is 22.6 Å². The predicted molar refractivity (Wildman–Crippen MR) is 163 cm³/mol. The van der Waals surface area contributed by atoms with Crippen LogP contribution < -0.4 is 19.5 Å². The van der Waals surface area contributed by atoms with E-state index in [4.69, 9.17) is 14.2 Å². The lowest BCUT2D eigenvalue weighted by molar-refractivity contribution is -0.139. The van der Waals surface area contributed by atoms with E-state index in [1.807, 2.05) is 42.5 Å². The lowest BCUT2D eigenvalue weighted by Crippen LogP contribution is -2.54. The first kappa shape index (κ1) is 31.1. The fraction of sp³-hybridized carbons (Fsp3) is 0.484. The van der Waals surface area contributed by atoms with E-state index in [1.54, 1.807) is 11.0 Å². The largest absolute Gasteiger partial charge is 0.482 e. The Kier molecular flexibility index (Phi) is 11.7. The van der Waals surface area contributed by atoms with Crippen LogP contribution in [-0.4, -0.2) is 65.1 Å². The molecule has 222 valence electrons. The van der Waals surface area contributed by atoms with Crippen LogP contribution in [0.15, 0.2) is 54.1 Å². The minimum atomic E-state index is -1.08. The predicted octanol–water partition coefficient (Wildman–Crippen LogP) is 4.32. The summed E-state index contributed by atoms with van der Waals surface area (Å²) in [6.45, 7) is 2.44. The molecule has 9 nitrogen and oxygen atoms in total. The van der Waals surface area contributed by atoms with Gasteiger partial charge in [0.05, 0.1) is 16.2 Å². The first-order valence-corrected chi connectivity index (χ1v) is 15.4. The van der Waals surface area contributed by atoms with E-state index in [0.717, 1.165) is 41.2 Å². The number of hydrogen-bond donors (Lipinski definition) is 3. The van der Waals surface area contributed by atoms with Gasteiger partial charge in [0.15, 0.2) is 11.5 Å². The molecule has 4 rings (SSSR count). The molecule has 0 fully saturated rings. The van der Waals surface area contributed by atoms with Crippen molar-refractivity contribution in [2.24, 2.45) is 0 Å². The quantitative estimate of drug-likeness (QED) is 0.201. The molecule has 0 spiro atoms. The second-order valence-corrected chi connectivity index (χ2v) is 11.5. The van der Waals surface area contributed by atoms with Gasteiger partial charge >= 0.3 is 0 Å². The molecule has 3 unspecified atom stereocenters.